The maximum atomic E-state index is 13.4. The summed E-state index contributed by atoms with van der Waals surface area (Å²) in [5.74, 6) is 1.48. The van der Waals surface area contributed by atoms with Crippen molar-refractivity contribution in [1.82, 2.24) is 9.55 Å². The second-order valence-corrected chi connectivity index (χ2v) is 9.73. The lowest BCUT2D eigenvalue weighted by Gasteiger charge is -2.18. The lowest BCUT2D eigenvalue weighted by Crippen LogP contribution is -2.29. The molecule has 4 rings (SSSR count). The smallest absolute Gasteiger partial charge is 0.263 e. The van der Waals surface area contributed by atoms with E-state index >= 15 is 0 Å². The molecule has 1 saturated heterocycles. The van der Waals surface area contributed by atoms with Crippen molar-refractivity contribution in [3.63, 3.8) is 0 Å². The van der Waals surface area contributed by atoms with Crippen LogP contribution in [-0.2, 0) is 24.1 Å². The van der Waals surface area contributed by atoms with E-state index in [0.29, 0.717) is 18.9 Å². The average molecular weight is 404 g/mol. The third kappa shape index (κ3) is 3.94. The van der Waals surface area contributed by atoms with Crippen molar-refractivity contribution in [3.8, 4) is 6.07 Å². The van der Waals surface area contributed by atoms with E-state index in [-0.39, 0.29) is 11.7 Å². The third-order valence-corrected chi connectivity index (χ3v) is 7.67. The van der Waals surface area contributed by atoms with Gasteiger partial charge in [0.1, 0.15) is 4.83 Å². The standard InChI is InChI=1S/C20H25N3O2S2/c1-13-6-7-15-16(11-13)27-18-17(15)19(24)23(12-14-5-4-9-25-14)20(22-18)26-10-3-2-8-21/h13-14H,2-7,9-12H2,1H3/t13-,14+/m0/s1. The number of fused-ring (bicyclic) bond motifs is 3. The first-order valence-corrected chi connectivity index (χ1v) is 11.6. The van der Waals surface area contributed by atoms with Crippen LogP contribution in [0.5, 0.6) is 0 Å². The second-order valence-electron chi connectivity index (χ2n) is 7.59. The van der Waals surface area contributed by atoms with Crippen molar-refractivity contribution in [1.29, 1.82) is 5.26 Å². The maximum Gasteiger partial charge on any atom is 0.263 e. The summed E-state index contributed by atoms with van der Waals surface area (Å²) < 4.78 is 7.64. The lowest BCUT2D eigenvalue weighted by molar-refractivity contribution is 0.0937. The Balaban J connectivity index is 1.74. The molecule has 7 heteroatoms. The summed E-state index contributed by atoms with van der Waals surface area (Å²) in [6.45, 7) is 3.65. The Morgan fingerprint density at radius 3 is 3.11 bits per heavy atom. The monoisotopic (exact) mass is 403 g/mol. The number of hydrogen-bond acceptors (Lipinski definition) is 6. The van der Waals surface area contributed by atoms with Gasteiger partial charge in [0.2, 0.25) is 0 Å². The van der Waals surface area contributed by atoms with Gasteiger partial charge < -0.3 is 4.74 Å². The van der Waals surface area contributed by atoms with Crippen molar-refractivity contribution in [2.24, 2.45) is 5.92 Å². The molecule has 3 heterocycles. The van der Waals surface area contributed by atoms with Gasteiger partial charge in [-0.25, -0.2) is 4.98 Å². The summed E-state index contributed by atoms with van der Waals surface area (Å²) in [4.78, 5) is 20.6. The fraction of sp³-hybridized carbons (Fsp3) is 0.650. The van der Waals surface area contributed by atoms with E-state index in [4.69, 9.17) is 15.0 Å². The minimum Gasteiger partial charge on any atom is -0.376 e. The molecular formula is C20H25N3O2S2. The molecule has 1 aliphatic carbocycles. The van der Waals surface area contributed by atoms with Gasteiger partial charge in [0.05, 0.1) is 24.1 Å². The highest BCUT2D eigenvalue weighted by Crippen LogP contribution is 2.36. The molecular weight excluding hydrogens is 378 g/mol. The number of thioether (sulfide) groups is 1. The zero-order valence-electron chi connectivity index (χ0n) is 15.7. The van der Waals surface area contributed by atoms with Gasteiger partial charge in [-0.2, -0.15) is 5.26 Å². The Bertz CT molecular complexity index is 922. The van der Waals surface area contributed by atoms with Crippen molar-refractivity contribution in [3.05, 3.63) is 20.8 Å². The summed E-state index contributed by atoms with van der Waals surface area (Å²) in [6.07, 6.45) is 6.72. The molecule has 2 aromatic rings. The first-order chi connectivity index (χ1) is 13.2. The molecule has 0 amide bonds. The predicted octanol–water partition coefficient (Wildman–Crippen LogP) is 4.16. The van der Waals surface area contributed by atoms with E-state index in [2.05, 4.69) is 13.0 Å². The Morgan fingerprint density at radius 2 is 2.33 bits per heavy atom. The van der Waals surface area contributed by atoms with Gasteiger partial charge in [0.15, 0.2) is 5.16 Å². The molecule has 27 heavy (non-hydrogen) atoms. The molecule has 5 nitrogen and oxygen atoms in total. The Kier molecular flexibility index (Phi) is 5.86. The average Bonchev–Trinajstić information content (AvgIpc) is 3.28. The molecule has 0 bridgehead atoms. The van der Waals surface area contributed by atoms with Crippen molar-refractivity contribution in [2.45, 2.75) is 69.7 Å². The summed E-state index contributed by atoms with van der Waals surface area (Å²) in [6, 6.07) is 2.19. The first-order valence-electron chi connectivity index (χ1n) is 9.83. The SMILES string of the molecule is C[C@H]1CCc2c(sc3nc(SCCCC#N)n(C[C@H]4CCCO4)c(=O)c23)C1. The molecule has 0 aromatic carbocycles. The fourth-order valence-electron chi connectivity index (χ4n) is 3.98. The van der Waals surface area contributed by atoms with Gasteiger partial charge in [-0.15, -0.1) is 11.3 Å². The number of unbranched alkanes of at least 4 members (excludes halogenated alkanes) is 1. The Morgan fingerprint density at radius 1 is 1.44 bits per heavy atom. The molecule has 2 atom stereocenters. The normalized spacial score (nSPS) is 22.1. The topological polar surface area (TPSA) is 67.9 Å². The molecule has 1 fully saturated rings. The molecule has 0 saturated carbocycles. The van der Waals surface area contributed by atoms with Crippen LogP contribution in [0.25, 0.3) is 10.2 Å². The predicted molar refractivity (Wildman–Crippen MR) is 110 cm³/mol. The number of aromatic nitrogens is 2. The van der Waals surface area contributed by atoms with Crippen LogP contribution in [0.1, 0.15) is 49.5 Å². The van der Waals surface area contributed by atoms with Crippen LogP contribution in [0, 0.1) is 17.2 Å². The number of nitriles is 1. The molecule has 0 spiro atoms. The van der Waals surface area contributed by atoms with Gasteiger partial charge >= 0.3 is 0 Å². The molecule has 0 radical (unpaired) electrons. The molecule has 1 aliphatic heterocycles. The van der Waals surface area contributed by atoms with Gasteiger partial charge in [-0.3, -0.25) is 9.36 Å². The zero-order chi connectivity index (χ0) is 18.8. The summed E-state index contributed by atoms with van der Waals surface area (Å²) in [5.41, 5.74) is 1.35. The number of aryl methyl sites for hydroxylation is 1. The van der Waals surface area contributed by atoms with E-state index < -0.39 is 0 Å². The van der Waals surface area contributed by atoms with Gasteiger partial charge in [-0.1, -0.05) is 18.7 Å². The van der Waals surface area contributed by atoms with Crippen LogP contribution in [0.3, 0.4) is 0 Å². The van der Waals surface area contributed by atoms with Crippen molar-refractivity contribution >= 4 is 33.3 Å². The largest absolute Gasteiger partial charge is 0.376 e. The van der Waals surface area contributed by atoms with Crippen LogP contribution in [-0.4, -0.2) is 28.0 Å². The van der Waals surface area contributed by atoms with Crippen LogP contribution < -0.4 is 5.56 Å². The van der Waals surface area contributed by atoms with Crippen LogP contribution in [0.4, 0.5) is 0 Å². The van der Waals surface area contributed by atoms with Crippen LogP contribution >= 0.6 is 23.1 Å². The second kappa shape index (κ2) is 8.34. The van der Waals surface area contributed by atoms with E-state index in [0.717, 1.165) is 66.3 Å². The quantitative estimate of drug-likeness (QED) is 0.412. The third-order valence-electron chi connectivity index (χ3n) is 5.45. The summed E-state index contributed by atoms with van der Waals surface area (Å²) in [7, 11) is 0. The molecule has 144 valence electrons. The Hall–Kier alpha value is -1.36. The van der Waals surface area contributed by atoms with Gasteiger partial charge in [0, 0.05) is 23.7 Å². The highest BCUT2D eigenvalue weighted by molar-refractivity contribution is 7.99. The molecule has 2 aromatic heterocycles. The minimum atomic E-state index is 0.102. The Labute approximate surface area is 167 Å². The molecule has 0 unspecified atom stereocenters. The number of ether oxygens (including phenoxy) is 1. The zero-order valence-corrected chi connectivity index (χ0v) is 17.3. The lowest BCUT2D eigenvalue weighted by atomic mass is 9.89. The molecule has 2 aliphatic rings. The van der Waals surface area contributed by atoms with Crippen molar-refractivity contribution in [2.75, 3.05) is 12.4 Å². The van der Waals surface area contributed by atoms with Gasteiger partial charge in [-0.05, 0) is 50.0 Å². The summed E-state index contributed by atoms with van der Waals surface area (Å²) >= 11 is 3.30. The minimum absolute atomic E-state index is 0.102. The van der Waals surface area contributed by atoms with E-state index in [9.17, 15) is 4.79 Å². The van der Waals surface area contributed by atoms with E-state index in [1.807, 2.05) is 4.57 Å². The number of hydrogen-bond donors (Lipinski definition) is 0. The fourth-order valence-corrected chi connectivity index (χ4v) is 6.35. The highest BCUT2D eigenvalue weighted by Gasteiger charge is 2.26. The number of rotatable bonds is 6. The van der Waals surface area contributed by atoms with Crippen LogP contribution in [0.2, 0.25) is 0 Å². The van der Waals surface area contributed by atoms with Crippen LogP contribution in [0.15, 0.2) is 9.95 Å². The van der Waals surface area contributed by atoms with E-state index in [1.54, 1.807) is 23.1 Å². The molecule has 0 N–H and O–H groups in total. The van der Waals surface area contributed by atoms with Gasteiger partial charge in [0.25, 0.3) is 5.56 Å². The first kappa shape index (κ1) is 19.0. The number of thiophene rings is 1. The summed E-state index contributed by atoms with van der Waals surface area (Å²) in [5, 5.41) is 10.4. The van der Waals surface area contributed by atoms with E-state index in [1.165, 1.54) is 10.4 Å². The highest BCUT2D eigenvalue weighted by atomic mass is 32.2. The maximum absolute atomic E-state index is 13.4. The van der Waals surface area contributed by atoms with Crippen molar-refractivity contribution < 1.29 is 4.74 Å². The number of nitrogens with zero attached hydrogens (tertiary/aromatic N) is 3.